The van der Waals surface area contributed by atoms with Gasteiger partial charge in [0.25, 0.3) is 0 Å². The molecule has 3 aliphatic heterocycles. The summed E-state index contributed by atoms with van der Waals surface area (Å²) in [5, 5.41) is 2.51. The van der Waals surface area contributed by atoms with Gasteiger partial charge < -0.3 is 29.0 Å². The molecule has 1 amide bonds. The maximum absolute atomic E-state index is 13.2. The summed E-state index contributed by atoms with van der Waals surface area (Å²) in [5.74, 6) is 0.857. The largest absolute Gasteiger partial charge is 0.462 e. The SMILES string of the molecule is [C-]#[N+]C[C@H]1CN(c2nc(OC[C@H]3CCCN3C)nc3c2CCN(c2cccc4cccc(C)c24)C3)CCN1C(=O)OCc1ccccc1. The smallest absolute Gasteiger partial charge is 0.410 e. The molecule has 1 aromatic heterocycles. The number of nitrogens with zero attached hydrogens (tertiary/aromatic N) is 7. The summed E-state index contributed by atoms with van der Waals surface area (Å²) < 4.78 is 12.0. The first kappa shape index (κ1) is 31.7. The first-order chi connectivity index (χ1) is 23.5. The van der Waals surface area contributed by atoms with Gasteiger partial charge in [0.05, 0.1) is 12.2 Å². The van der Waals surface area contributed by atoms with Gasteiger partial charge in [0.1, 0.15) is 25.1 Å². The third-order valence-electron chi connectivity index (χ3n) is 10.1. The van der Waals surface area contributed by atoms with Crippen LogP contribution in [-0.4, -0.2) is 90.9 Å². The quantitative estimate of drug-likeness (QED) is 0.225. The molecule has 3 aromatic carbocycles. The van der Waals surface area contributed by atoms with Crippen molar-refractivity contribution in [2.45, 2.75) is 51.4 Å². The van der Waals surface area contributed by atoms with E-state index in [0.717, 1.165) is 48.6 Å². The molecule has 0 N–H and O–H groups in total. The molecule has 248 valence electrons. The molecule has 3 aliphatic rings. The van der Waals surface area contributed by atoms with Gasteiger partial charge in [0, 0.05) is 48.9 Å². The number of amides is 1. The number of piperazine rings is 1. The van der Waals surface area contributed by atoms with E-state index < -0.39 is 0 Å². The van der Waals surface area contributed by atoms with Crippen molar-refractivity contribution in [2.24, 2.45) is 0 Å². The number of fused-ring (bicyclic) bond motifs is 2. The summed E-state index contributed by atoms with van der Waals surface area (Å²) in [6, 6.07) is 23.1. The Labute approximate surface area is 282 Å². The van der Waals surface area contributed by atoms with E-state index >= 15 is 0 Å². The number of hydrogen-bond donors (Lipinski definition) is 0. The Balaban J connectivity index is 1.16. The Kier molecular flexibility index (Phi) is 9.30. The highest BCUT2D eigenvalue weighted by Crippen LogP contribution is 2.36. The lowest BCUT2D eigenvalue weighted by atomic mass is 9.99. The number of likely N-dealkylation sites (N-methyl/N-ethyl adjacent to an activating group) is 1. The summed E-state index contributed by atoms with van der Waals surface area (Å²) in [7, 11) is 2.14. The number of carbonyl (C=O) groups is 1. The molecule has 0 aliphatic carbocycles. The molecule has 4 heterocycles. The van der Waals surface area contributed by atoms with Crippen LogP contribution in [0.5, 0.6) is 6.01 Å². The lowest BCUT2D eigenvalue weighted by Gasteiger charge is -2.40. The van der Waals surface area contributed by atoms with Crippen molar-refractivity contribution in [2.75, 3.05) is 62.7 Å². The van der Waals surface area contributed by atoms with Gasteiger partial charge in [0.2, 0.25) is 6.54 Å². The number of benzene rings is 3. The van der Waals surface area contributed by atoms with Crippen LogP contribution in [0.1, 0.15) is 35.2 Å². The fraction of sp³-hybridized carbons (Fsp3) is 0.421. The van der Waals surface area contributed by atoms with Gasteiger partial charge in [-0.25, -0.2) is 11.4 Å². The Morgan fingerprint density at radius 1 is 0.958 bits per heavy atom. The lowest BCUT2D eigenvalue weighted by Crippen LogP contribution is -2.57. The normalized spacial score (nSPS) is 19.6. The molecule has 0 saturated carbocycles. The average molecular weight is 646 g/mol. The molecule has 0 spiro atoms. The first-order valence-electron chi connectivity index (χ1n) is 17.0. The third-order valence-corrected chi connectivity index (χ3v) is 10.1. The molecule has 0 bridgehead atoms. The fourth-order valence-electron chi connectivity index (χ4n) is 7.40. The van der Waals surface area contributed by atoms with Gasteiger partial charge in [-0.15, -0.1) is 0 Å². The van der Waals surface area contributed by atoms with Crippen molar-refractivity contribution in [3.05, 3.63) is 101 Å². The molecule has 4 aromatic rings. The number of ether oxygens (including phenoxy) is 2. The minimum absolute atomic E-state index is 0.190. The molecule has 2 fully saturated rings. The fourth-order valence-corrected chi connectivity index (χ4v) is 7.40. The van der Waals surface area contributed by atoms with E-state index in [1.807, 2.05) is 30.3 Å². The number of aryl methyl sites for hydroxylation is 1. The van der Waals surface area contributed by atoms with Crippen LogP contribution in [0.15, 0.2) is 66.7 Å². The van der Waals surface area contributed by atoms with Crippen LogP contribution in [0.25, 0.3) is 15.6 Å². The molecular formula is C38H43N7O3. The zero-order valence-electron chi connectivity index (χ0n) is 27.8. The highest BCUT2D eigenvalue weighted by Gasteiger charge is 2.36. The lowest BCUT2D eigenvalue weighted by molar-refractivity contribution is 0.0788. The van der Waals surface area contributed by atoms with Crippen LogP contribution < -0.4 is 14.5 Å². The summed E-state index contributed by atoms with van der Waals surface area (Å²) in [4.78, 5) is 35.7. The molecule has 10 heteroatoms. The van der Waals surface area contributed by atoms with Gasteiger partial charge in [-0.3, -0.25) is 4.90 Å². The Hall–Kier alpha value is -4.88. The molecular weight excluding hydrogens is 602 g/mol. The Morgan fingerprint density at radius 2 is 1.79 bits per heavy atom. The van der Waals surface area contributed by atoms with E-state index in [-0.39, 0.29) is 25.3 Å². The maximum atomic E-state index is 13.2. The van der Waals surface area contributed by atoms with Crippen LogP contribution in [0.2, 0.25) is 0 Å². The second kappa shape index (κ2) is 14.1. The van der Waals surface area contributed by atoms with Crippen LogP contribution in [0.3, 0.4) is 0 Å². The van der Waals surface area contributed by atoms with E-state index in [2.05, 4.69) is 69.9 Å². The zero-order valence-corrected chi connectivity index (χ0v) is 27.8. The number of anilines is 2. The molecule has 10 nitrogen and oxygen atoms in total. The molecule has 0 radical (unpaired) electrons. The van der Waals surface area contributed by atoms with Crippen molar-refractivity contribution in [3.63, 3.8) is 0 Å². The van der Waals surface area contributed by atoms with E-state index in [1.165, 1.54) is 28.4 Å². The van der Waals surface area contributed by atoms with Crippen molar-refractivity contribution in [3.8, 4) is 6.01 Å². The predicted molar refractivity (Wildman–Crippen MR) is 187 cm³/mol. The number of carbonyl (C=O) groups excluding carboxylic acids is 1. The topological polar surface area (TPSA) is 78.6 Å². The second-order valence-corrected chi connectivity index (χ2v) is 13.1. The van der Waals surface area contributed by atoms with Crippen LogP contribution >= 0.6 is 0 Å². The Bertz CT molecular complexity index is 1800. The monoisotopic (exact) mass is 645 g/mol. The van der Waals surface area contributed by atoms with Crippen molar-refractivity contribution in [1.29, 1.82) is 0 Å². The second-order valence-electron chi connectivity index (χ2n) is 13.1. The standard InChI is InChI=1S/C38H43N7O3/c1-27-10-7-13-29-14-8-16-34(35(27)29)43-19-17-32-33(24-43)40-37(47-26-30-15-9-18-42(30)3)41-36(32)44-20-21-45(31(23-44)22-39-2)38(46)48-25-28-11-5-4-6-12-28/h4-8,10-14,16,30-31H,9,15,17-26H2,1,3H3/t30-,31+/m1/s1. The molecule has 2 atom stereocenters. The summed E-state index contributed by atoms with van der Waals surface area (Å²) >= 11 is 0. The van der Waals surface area contributed by atoms with Crippen LogP contribution in [0.4, 0.5) is 16.3 Å². The predicted octanol–water partition coefficient (Wildman–Crippen LogP) is 5.72. The number of likely N-dealkylation sites (tertiary alicyclic amines) is 1. The average Bonchev–Trinajstić information content (AvgIpc) is 3.53. The van der Waals surface area contributed by atoms with Crippen LogP contribution in [-0.2, 0) is 24.3 Å². The van der Waals surface area contributed by atoms with E-state index in [4.69, 9.17) is 26.0 Å². The number of rotatable bonds is 8. The van der Waals surface area contributed by atoms with Crippen molar-refractivity contribution in [1.82, 2.24) is 19.8 Å². The van der Waals surface area contributed by atoms with Crippen LogP contribution in [0, 0.1) is 13.5 Å². The van der Waals surface area contributed by atoms with Gasteiger partial charge >= 0.3 is 12.1 Å². The number of aromatic nitrogens is 2. The van der Waals surface area contributed by atoms with Crippen molar-refractivity contribution >= 4 is 28.4 Å². The highest BCUT2D eigenvalue weighted by atomic mass is 16.6. The third kappa shape index (κ3) is 6.60. The van der Waals surface area contributed by atoms with Crippen molar-refractivity contribution < 1.29 is 14.3 Å². The minimum Gasteiger partial charge on any atom is -0.462 e. The first-order valence-corrected chi connectivity index (χ1v) is 17.0. The van der Waals surface area contributed by atoms with E-state index in [1.54, 1.807) is 4.90 Å². The Morgan fingerprint density at radius 3 is 2.58 bits per heavy atom. The van der Waals surface area contributed by atoms with Gasteiger partial charge in [-0.05, 0) is 62.4 Å². The zero-order chi connectivity index (χ0) is 33.0. The van der Waals surface area contributed by atoms with Gasteiger partial charge in [-0.1, -0.05) is 60.7 Å². The van der Waals surface area contributed by atoms with Gasteiger partial charge in [-0.2, -0.15) is 9.97 Å². The summed E-state index contributed by atoms with van der Waals surface area (Å²) in [6.45, 7) is 14.8. The summed E-state index contributed by atoms with van der Waals surface area (Å²) in [6.07, 6.45) is 2.66. The molecule has 7 rings (SSSR count). The van der Waals surface area contributed by atoms with E-state index in [0.29, 0.717) is 44.8 Å². The molecule has 48 heavy (non-hydrogen) atoms. The molecule has 2 saturated heterocycles. The van der Waals surface area contributed by atoms with Gasteiger partial charge in [0.15, 0.2) is 0 Å². The maximum Gasteiger partial charge on any atom is 0.410 e. The molecule has 0 unspecified atom stereocenters. The summed E-state index contributed by atoms with van der Waals surface area (Å²) in [5.41, 5.74) is 5.50. The van der Waals surface area contributed by atoms with E-state index in [9.17, 15) is 4.79 Å². The minimum atomic E-state index is -0.386. The highest BCUT2D eigenvalue weighted by molar-refractivity contribution is 5.97. The number of hydrogen-bond acceptors (Lipinski definition) is 8.